The lowest BCUT2D eigenvalue weighted by Gasteiger charge is -2.29. The first kappa shape index (κ1) is 17.1. The minimum Gasteiger partial charge on any atom is -0.469 e. The maximum Gasteiger partial charge on any atom is 0.309 e. The van der Waals surface area contributed by atoms with Crippen LogP contribution in [0.25, 0.3) is 0 Å². The topological polar surface area (TPSA) is 55.4 Å². The highest BCUT2D eigenvalue weighted by Gasteiger charge is 2.31. The molecule has 2 unspecified atom stereocenters. The first-order valence-corrected chi connectivity index (χ1v) is 8.09. The normalized spacial score (nSPS) is 21.2. The Labute approximate surface area is 140 Å². The number of nitrogens with one attached hydrogen (secondary N) is 1. The van der Waals surface area contributed by atoms with Gasteiger partial charge < -0.3 is 10.1 Å². The highest BCUT2D eigenvalue weighted by Crippen LogP contribution is 2.30. The summed E-state index contributed by atoms with van der Waals surface area (Å²) < 4.78 is 4.86. The number of ether oxygens (including phenoxy) is 1. The monoisotopic (exact) mass is 343 g/mol. The fourth-order valence-corrected chi connectivity index (χ4v) is 3.28. The van der Waals surface area contributed by atoms with Crippen LogP contribution in [0, 0.1) is 11.8 Å². The number of hydrogen-bond acceptors (Lipinski definition) is 3. The van der Waals surface area contributed by atoms with Gasteiger partial charge in [-0.3, -0.25) is 9.59 Å². The number of rotatable bonds is 4. The molecule has 1 aromatic carbocycles. The summed E-state index contributed by atoms with van der Waals surface area (Å²) >= 11 is 11.9. The lowest BCUT2D eigenvalue weighted by atomic mass is 9.79. The number of esters is 1. The molecule has 1 amide bonds. The standard InChI is InChI=1S/C16H19Cl2NO3/c1-22-16(21)12-5-3-2-4-10(12)9-19-15(20)13-8-11(17)6-7-14(13)18/h6-8,10,12H,2-5,9H2,1H3,(H,19,20). The summed E-state index contributed by atoms with van der Waals surface area (Å²) in [6, 6.07) is 4.77. The molecule has 4 nitrogen and oxygen atoms in total. The van der Waals surface area contributed by atoms with Crippen LogP contribution in [0.1, 0.15) is 36.0 Å². The number of halogens is 2. The molecule has 0 heterocycles. The number of methoxy groups -OCH3 is 1. The Bertz CT molecular complexity index is 562. The first-order valence-electron chi connectivity index (χ1n) is 7.34. The maximum atomic E-state index is 12.2. The zero-order valence-corrected chi connectivity index (χ0v) is 13.9. The number of benzene rings is 1. The van der Waals surface area contributed by atoms with Crippen molar-refractivity contribution in [2.45, 2.75) is 25.7 Å². The van der Waals surface area contributed by atoms with Crippen LogP contribution in [0.4, 0.5) is 0 Å². The molecule has 1 aliphatic rings. The SMILES string of the molecule is COC(=O)C1CCCCC1CNC(=O)c1cc(Cl)ccc1Cl. The molecule has 0 spiro atoms. The van der Waals surface area contributed by atoms with E-state index < -0.39 is 0 Å². The lowest BCUT2D eigenvalue weighted by molar-refractivity contribution is -0.148. The predicted octanol–water partition coefficient (Wildman–Crippen LogP) is 3.70. The third-order valence-corrected chi connectivity index (χ3v) is 4.68. The second-order valence-corrected chi connectivity index (χ2v) is 6.35. The number of hydrogen-bond donors (Lipinski definition) is 1. The Kier molecular flexibility index (Phi) is 6.09. The van der Waals surface area contributed by atoms with E-state index in [2.05, 4.69) is 5.32 Å². The highest BCUT2D eigenvalue weighted by molar-refractivity contribution is 6.35. The summed E-state index contributed by atoms with van der Waals surface area (Å²) in [6.45, 7) is 0.432. The van der Waals surface area contributed by atoms with Crippen LogP contribution in [0.2, 0.25) is 10.0 Å². The van der Waals surface area contributed by atoms with Crippen molar-refractivity contribution in [3.63, 3.8) is 0 Å². The molecule has 1 N–H and O–H groups in total. The van der Waals surface area contributed by atoms with Gasteiger partial charge >= 0.3 is 5.97 Å². The van der Waals surface area contributed by atoms with Crippen LogP contribution in [0.3, 0.4) is 0 Å². The highest BCUT2D eigenvalue weighted by atomic mass is 35.5. The first-order chi connectivity index (χ1) is 10.5. The summed E-state index contributed by atoms with van der Waals surface area (Å²) in [7, 11) is 1.40. The molecular formula is C16H19Cl2NO3. The van der Waals surface area contributed by atoms with E-state index in [4.69, 9.17) is 27.9 Å². The van der Waals surface area contributed by atoms with Crippen LogP contribution in [-0.4, -0.2) is 25.5 Å². The summed E-state index contributed by atoms with van der Waals surface area (Å²) in [5.41, 5.74) is 0.347. The van der Waals surface area contributed by atoms with Crippen LogP contribution in [-0.2, 0) is 9.53 Å². The summed E-state index contributed by atoms with van der Waals surface area (Å²) in [6.07, 6.45) is 3.80. The van der Waals surface area contributed by atoms with Crippen molar-refractivity contribution in [3.05, 3.63) is 33.8 Å². The lowest BCUT2D eigenvalue weighted by Crippen LogP contribution is -2.37. The molecule has 0 aromatic heterocycles. The molecule has 1 aliphatic carbocycles. The van der Waals surface area contributed by atoms with Gasteiger partial charge in [0.15, 0.2) is 0 Å². The second-order valence-electron chi connectivity index (χ2n) is 5.51. The second kappa shape index (κ2) is 7.84. The van der Waals surface area contributed by atoms with Crippen molar-refractivity contribution in [1.82, 2.24) is 5.32 Å². The molecule has 0 saturated heterocycles. The molecule has 0 aliphatic heterocycles. The van der Waals surface area contributed by atoms with Gasteiger partial charge in [-0.1, -0.05) is 36.0 Å². The van der Waals surface area contributed by atoms with Crippen LogP contribution in [0.15, 0.2) is 18.2 Å². The molecular weight excluding hydrogens is 325 g/mol. The van der Waals surface area contributed by atoms with Crippen molar-refractivity contribution in [2.24, 2.45) is 11.8 Å². The fourth-order valence-electron chi connectivity index (χ4n) is 2.90. The molecule has 6 heteroatoms. The Hall–Kier alpha value is -1.26. The van der Waals surface area contributed by atoms with Gasteiger partial charge in [-0.15, -0.1) is 0 Å². The number of carbonyl (C=O) groups excluding carboxylic acids is 2. The number of amides is 1. The van der Waals surface area contributed by atoms with E-state index in [9.17, 15) is 9.59 Å². The van der Waals surface area contributed by atoms with Crippen LogP contribution in [0.5, 0.6) is 0 Å². The summed E-state index contributed by atoms with van der Waals surface area (Å²) in [4.78, 5) is 24.1. The van der Waals surface area contributed by atoms with Gasteiger partial charge in [0.05, 0.1) is 23.6 Å². The molecule has 120 valence electrons. The Morgan fingerprint density at radius 3 is 2.73 bits per heavy atom. The van der Waals surface area contributed by atoms with E-state index in [-0.39, 0.29) is 23.7 Å². The van der Waals surface area contributed by atoms with E-state index >= 15 is 0 Å². The zero-order chi connectivity index (χ0) is 16.1. The van der Waals surface area contributed by atoms with Gasteiger partial charge in [-0.2, -0.15) is 0 Å². The Morgan fingerprint density at radius 1 is 1.27 bits per heavy atom. The summed E-state index contributed by atoms with van der Waals surface area (Å²) in [5.74, 6) is -0.515. The maximum absolute atomic E-state index is 12.2. The van der Waals surface area contributed by atoms with Gasteiger partial charge in [0, 0.05) is 11.6 Å². The molecule has 1 fully saturated rings. The van der Waals surface area contributed by atoms with Crippen molar-refractivity contribution in [3.8, 4) is 0 Å². The van der Waals surface area contributed by atoms with Crippen LogP contribution >= 0.6 is 23.2 Å². The number of carbonyl (C=O) groups is 2. The van der Waals surface area contributed by atoms with Gasteiger partial charge in [0.1, 0.15) is 0 Å². The average Bonchev–Trinajstić information content (AvgIpc) is 2.54. The largest absolute Gasteiger partial charge is 0.469 e. The molecule has 2 atom stereocenters. The minimum absolute atomic E-state index is 0.100. The quantitative estimate of drug-likeness (QED) is 0.848. The minimum atomic E-state index is -0.276. The van der Waals surface area contributed by atoms with Crippen LogP contribution < -0.4 is 5.32 Å². The molecule has 0 radical (unpaired) electrons. The van der Waals surface area contributed by atoms with Gasteiger partial charge in [-0.25, -0.2) is 0 Å². The average molecular weight is 344 g/mol. The molecule has 1 saturated carbocycles. The van der Waals surface area contributed by atoms with E-state index in [1.54, 1.807) is 12.1 Å². The van der Waals surface area contributed by atoms with Crippen molar-refractivity contribution in [1.29, 1.82) is 0 Å². The fraction of sp³-hybridized carbons (Fsp3) is 0.500. The Balaban J connectivity index is 2.00. The van der Waals surface area contributed by atoms with E-state index in [0.29, 0.717) is 22.2 Å². The van der Waals surface area contributed by atoms with Crippen molar-refractivity contribution < 1.29 is 14.3 Å². The van der Waals surface area contributed by atoms with E-state index in [1.165, 1.54) is 13.2 Å². The third kappa shape index (κ3) is 4.14. The van der Waals surface area contributed by atoms with Crippen molar-refractivity contribution >= 4 is 35.1 Å². The van der Waals surface area contributed by atoms with Crippen molar-refractivity contribution in [2.75, 3.05) is 13.7 Å². The Morgan fingerprint density at radius 2 is 2.00 bits per heavy atom. The zero-order valence-electron chi connectivity index (χ0n) is 12.4. The molecule has 1 aromatic rings. The van der Waals surface area contributed by atoms with Gasteiger partial charge in [0.25, 0.3) is 5.91 Å². The summed E-state index contributed by atoms with van der Waals surface area (Å²) in [5, 5.41) is 3.67. The van der Waals surface area contributed by atoms with E-state index in [1.807, 2.05) is 0 Å². The molecule has 2 rings (SSSR count). The van der Waals surface area contributed by atoms with E-state index in [0.717, 1.165) is 25.7 Å². The smallest absolute Gasteiger partial charge is 0.309 e. The van der Waals surface area contributed by atoms with Gasteiger partial charge in [0.2, 0.25) is 0 Å². The third-order valence-electron chi connectivity index (χ3n) is 4.11. The van der Waals surface area contributed by atoms with Gasteiger partial charge in [-0.05, 0) is 37.0 Å². The molecule has 0 bridgehead atoms. The predicted molar refractivity (Wildman–Crippen MR) is 86.3 cm³/mol. The molecule has 22 heavy (non-hydrogen) atoms.